The van der Waals surface area contributed by atoms with E-state index in [-0.39, 0.29) is 5.69 Å². The molecule has 0 fully saturated rings. The second-order valence-electron chi connectivity index (χ2n) is 5.00. The van der Waals surface area contributed by atoms with Crippen LogP contribution in [-0.2, 0) is 6.54 Å². The van der Waals surface area contributed by atoms with Crippen molar-refractivity contribution in [2.45, 2.75) is 6.54 Å². The molecule has 0 atom stereocenters. The van der Waals surface area contributed by atoms with Crippen LogP contribution in [0.4, 0.5) is 11.6 Å². The van der Waals surface area contributed by atoms with Crippen molar-refractivity contribution in [2.24, 2.45) is 0 Å². The number of halogens is 1. The standard InChI is InChI=1S/C17H15ClN4O3/c1-24-15-5-4-11(18)9-14(15)21-16(23)13-6-7-19-17(22-13)20-10-12-3-2-8-25-12/h2-9H,10H2,1H3,(H,21,23)(H,19,20,22). The predicted octanol–water partition coefficient (Wildman–Crippen LogP) is 3.60. The van der Waals surface area contributed by atoms with Crippen LogP contribution in [-0.4, -0.2) is 23.0 Å². The van der Waals surface area contributed by atoms with Crippen LogP contribution in [0.1, 0.15) is 16.2 Å². The number of amides is 1. The number of anilines is 2. The summed E-state index contributed by atoms with van der Waals surface area (Å²) in [6, 6.07) is 10.1. The highest BCUT2D eigenvalue weighted by molar-refractivity contribution is 6.31. The van der Waals surface area contributed by atoms with E-state index in [1.54, 1.807) is 30.5 Å². The zero-order valence-electron chi connectivity index (χ0n) is 13.3. The Hall–Kier alpha value is -3.06. The van der Waals surface area contributed by atoms with Gasteiger partial charge < -0.3 is 19.8 Å². The van der Waals surface area contributed by atoms with E-state index in [4.69, 9.17) is 20.8 Å². The molecule has 0 saturated heterocycles. The Labute approximate surface area is 149 Å². The van der Waals surface area contributed by atoms with Crippen LogP contribution in [0, 0.1) is 0 Å². The van der Waals surface area contributed by atoms with Gasteiger partial charge in [-0.25, -0.2) is 9.97 Å². The minimum absolute atomic E-state index is 0.207. The van der Waals surface area contributed by atoms with Gasteiger partial charge in [0.2, 0.25) is 5.95 Å². The molecule has 0 aliphatic heterocycles. The summed E-state index contributed by atoms with van der Waals surface area (Å²) in [5.74, 6) is 1.16. The Kier molecular flexibility index (Phi) is 5.15. The van der Waals surface area contributed by atoms with Crippen LogP contribution < -0.4 is 15.4 Å². The molecule has 0 aliphatic rings. The summed E-state index contributed by atoms with van der Waals surface area (Å²) in [7, 11) is 1.51. The van der Waals surface area contributed by atoms with Gasteiger partial charge in [-0.15, -0.1) is 0 Å². The molecule has 3 aromatic rings. The lowest BCUT2D eigenvalue weighted by Gasteiger charge is -2.10. The molecule has 0 spiro atoms. The molecule has 3 rings (SSSR count). The minimum atomic E-state index is -0.399. The fourth-order valence-electron chi connectivity index (χ4n) is 2.11. The van der Waals surface area contributed by atoms with Gasteiger partial charge in [0.25, 0.3) is 5.91 Å². The van der Waals surface area contributed by atoms with Crippen molar-refractivity contribution in [3.63, 3.8) is 0 Å². The fourth-order valence-corrected chi connectivity index (χ4v) is 2.29. The van der Waals surface area contributed by atoms with Gasteiger partial charge in [-0.2, -0.15) is 0 Å². The Morgan fingerprint density at radius 2 is 2.20 bits per heavy atom. The maximum Gasteiger partial charge on any atom is 0.274 e. The third-order valence-corrected chi connectivity index (χ3v) is 3.53. The zero-order chi connectivity index (χ0) is 17.6. The molecule has 1 aromatic carbocycles. The highest BCUT2D eigenvalue weighted by Gasteiger charge is 2.12. The molecule has 2 heterocycles. The number of benzene rings is 1. The Balaban J connectivity index is 1.72. The highest BCUT2D eigenvalue weighted by Crippen LogP contribution is 2.28. The molecule has 0 saturated carbocycles. The normalized spacial score (nSPS) is 10.3. The number of methoxy groups -OCH3 is 1. The number of nitrogens with one attached hydrogen (secondary N) is 2. The Morgan fingerprint density at radius 1 is 1.32 bits per heavy atom. The van der Waals surface area contributed by atoms with Crippen molar-refractivity contribution in [3.05, 3.63) is 65.3 Å². The number of aromatic nitrogens is 2. The topological polar surface area (TPSA) is 89.3 Å². The second kappa shape index (κ2) is 7.67. The predicted molar refractivity (Wildman–Crippen MR) is 94.0 cm³/mol. The summed E-state index contributed by atoms with van der Waals surface area (Å²) in [6.07, 6.45) is 3.09. The first-order valence-electron chi connectivity index (χ1n) is 7.40. The van der Waals surface area contributed by atoms with Crippen molar-refractivity contribution < 1.29 is 13.9 Å². The molecule has 0 unspecified atom stereocenters. The van der Waals surface area contributed by atoms with E-state index >= 15 is 0 Å². The van der Waals surface area contributed by atoms with Gasteiger partial charge in [0.15, 0.2) is 0 Å². The summed E-state index contributed by atoms with van der Waals surface area (Å²) in [4.78, 5) is 20.7. The third-order valence-electron chi connectivity index (χ3n) is 3.30. The van der Waals surface area contributed by atoms with E-state index in [9.17, 15) is 4.79 Å². The summed E-state index contributed by atoms with van der Waals surface area (Å²) in [5, 5.41) is 6.21. The van der Waals surface area contributed by atoms with Crippen LogP contribution in [0.5, 0.6) is 5.75 Å². The number of rotatable bonds is 6. The molecule has 0 bridgehead atoms. The van der Waals surface area contributed by atoms with Crippen molar-refractivity contribution in [2.75, 3.05) is 17.7 Å². The van der Waals surface area contributed by atoms with E-state index in [2.05, 4.69) is 20.6 Å². The maximum atomic E-state index is 12.4. The number of ether oxygens (including phenoxy) is 1. The first-order valence-corrected chi connectivity index (χ1v) is 7.77. The van der Waals surface area contributed by atoms with Gasteiger partial charge >= 0.3 is 0 Å². The molecular formula is C17H15ClN4O3. The molecule has 25 heavy (non-hydrogen) atoms. The number of hydrogen-bond donors (Lipinski definition) is 2. The first-order chi connectivity index (χ1) is 12.2. The summed E-state index contributed by atoms with van der Waals surface area (Å²) in [6.45, 7) is 0.417. The number of carbonyl (C=O) groups excluding carboxylic acids is 1. The molecule has 0 aliphatic carbocycles. The van der Waals surface area contributed by atoms with Crippen LogP contribution in [0.3, 0.4) is 0 Å². The van der Waals surface area contributed by atoms with Crippen molar-refractivity contribution in [1.82, 2.24) is 9.97 Å². The van der Waals surface area contributed by atoms with Crippen molar-refractivity contribution in [3.8, 4) is 5.75 Å². The van der Waals surface area contributed by atoms with Gasteiger partial charge in [-0.1, -0.05) is 11.6 Å². The monoisotopic (exact) mass is 358 g/mol. The largest absolute Gasteiger partial charge is 0.495 e. The fraction of sp³-hybridized carbons (Fsp3) is 0.118. The molecule has 0 radical (unpaired) electrons. The first kappa shape index (κ1) is 16.8. The van der Waals surface area contributed by atoms with Crippen molar-refractivity contribution >= 4 is 29.1 Å². The van der Waals surface area contributed by atoms with E-state index < -0.39 is 5.91 Å². The lowest BCUT2D eigenvalue weighted by Crippen LogP contribution is -2.15. The lowest BCUT2D eigenvalue weighted by molar-refractivity contribution is 0.102. The molecule has 2 aromatic heterocycles. The highest BCUT2D eigenvalue weighted by atomic mass is 35.5. The van der Waals surface area contributed by atoms with E-state index in [0.717, 1.165) is 5.76 Å². The summed E-state index contributed by atoms with van der Waals surface area (Å²) >= 11 is 5.97. The Morgan fingerprint density at radius 3 is 2.96 bits per heavy atom. The summed E-state index contributed by atoms with van der Waals surface area (Å²) in [5.41, 5.74) is 0.669. The third kappa shape index (κ3) is 4.27. The Bertz CT molecular complexity index is 868. The molecule has 128 valence electrons. The quantitative estimate of drug-likeness (QED) is 0.699. The van der Waals surface area contributed by atoms with E-state index in [1.807, 2.05) is 6.07 Å². The number of hydrogen-bond acceptors (Lipinski definition) is 6. The van der Waals surface area contributed by atoms with Crippen LogP contribution in [0.2, 0.25) is 5.02 Å². The van der Waals surface area contributed by atoms with Crippen molar-refractivity contribution in [1.29, 1.82) is 0 Å². The molecule has 8 heteroatoms. The van der Waals surface area contributed by atoms with Gasteiger partial charge in [0.1, 0.15) is 17.2 Å². The molecule has 2 N–H and O–H groups in total. The zero-order valence-corrected chi connectivity index (χ0v) is 14.1. The molecular weight excluding hydrogens is 344 g/mol. The van der Waals surface area contributed by atoms with E-state index in [0.29, 0.717) is 29.0 Å². The van der Waals surface area contributed by atoms with Gasteiger partial charge in [0, 0.05) is 11.2 Å². The number of carbonyl (C=O) groups is 1. The van der Waals surface area contributed by atoms with Crippen LogP contribution in [0.25, 0.3) is 0 Å². The molecule has 1 amide bonds. The van der Waals surface area contributed by atoms with Crippen LogP contribution >= 0.6 is 11.6 Å². The average Bonchev–Trinajstić information content (AvgIpc) is 3.14. The smallest absolute Gasteiger partial charge is 0.274 e. The lowest BCUT2D eigenvalue weighted by atomic mass is 10.2. The minimum Gasteiger partial charge on any atom is -0.495 e. The molecule has 7 nitrogen and oxygen atoms in total. The SMILES string of the molecule is COc1ccc(Cl)cc1NC(=O)c1ccnc(NCc2ccco2)n1. The van der Waals surface area contributed by atoms with Gasteiger partial charge in [-0.3, -0.25) is 4.79 Å². The number of nitrogens with zero attached hydrogens (tertiary/aromatic N) is 2. The van der Waals surface area contributed by atoms with Crippen LogP contribution in [0.15, 0.2) is 53.3 Å². The number of furan rings is 1. The van der Waals surface area contributed by atoms with E-state index in [1.165, 1.54) is 19.4 Å². The average molecular weight is 359 g/mol. The second-order valence-corrected chi connectivity index (χ2v) is 5.43. The van der Waals surface area contributed by atoms with Gasteiger partial charge in [0.05, 0.1) is 25.6 Å². The van der Waals surface area contributed by atoms with Gasteiger partial charge in [-0.05, 0) is 36.4 Å². The maximum absolute atomic E-state index is 12.4. The summed E-state index contributed by atoms with van der Waals surface area (Å²) < 4.78 is 10.4.